The van der Waals surface area contributed by atoms with Crippen molar-refractivity contribution >= 4 is 10.0 Å². The van der Waals surface area contributed by atoms with Crippen molar-refractivity contribution in [2.24, 2.45) is 5.92 Å². The number of hydrogen-bond donors (Lipinski definition) is 1. The molecule has 0 saturated carbocycles. The summed E-state index contributed by atoms with van der Waals surface area (Å²) < 4.78 is 26.1. The van der Waals surface area contributed by atoms with Crippen molar-refractivity contribution in [3.63, 3.8) is 0 Å². The highest BCUT2D eigenvalue weighted by molar-refractivity contribution is 7.89. The summed E-state index contributed by atoms with van der Waals surface area (Å²) in [6, 6.07) is -0.00694. The number of aliphatic hydroxyl groups excluding tert-OH is 1. The zero-order chi connectivity index (χ0) is 13.1. The molecule has 0 aromatic carbocycles. The zero-order valence-corrected chi connectivity index (χ0v) is 11.9. The van der Waals surface area contributed by atoms with Crippen LogP contribution in [0.3, 0.4) is 0 Å². The smallest absolute Gasteiger partial charge is 0.214 e. The first-order valence-electron chi connectivity index (χ1n) is 6.50. The van der Waals surface area contributed by atoms with E-state index in [0.717, 1.165) is 19.3 Å². The molecule has 2 unspecified atom stereocenters. The van der Waals surface area contributed by atoms with E-state index < -0.39 is 16.1 Å². The van der Waals surface area contributed by atoms with Crippen molar-refractivity contribution in [1.82, 2.24) is 4.31 Å². The van der Waals surface area contributed by atoms with Crippen LogP contribution in [0, 0.1) is 5.92 Å². The van der Waals surface area contributed by atoms with Crippen molar-refractivity contribution in [2.45, 2.75) is 58.6 Å². The fourth-order valence-corrected chi connectivity index (χ4v) is 4.57. The Balaban J connectivity index is 2.76. The fourth-order valence-electron chi connectivity index (χ4n) is 2.49. The molecule has 1 saturated heterocycles. The Kier molecular flexibility index (Phi) is 5.41. The van der Waals surface area contributed by atoms with Gasteiger partial charge in [0.25, 0.3) is 0 Å². The first-order chi connectivity index (χ1) is 7.83. The molecule has 0 amide bonds. The van der Waals surface area contributed by atoms with Crippen LogP contribution in [0.15, 0.2) is 0 Å². The lowest BCUT2D eigenvalue weighted by Crippen LogP contribution is -2.46. The number of rotatable bonds is 5. The second-order valence-corrected chi connectivity index (χ2v) is 7.48. The minimum atomic E-state index is -3.16. The third-order valence-electron chi connectivity index (χ3n) is 3.09. The van der Waals surface area contributed by atoms with Crippen LogP contribution < -0.4 is 0 Å². The van der Waals surface area contributed by atoms with Gasteiger partial charge in [0, 0.05) is 12.6 Å². The van der Waals surface area contributed by atoms with Gasteiger partial charge < -0.3 is 5.11 Å². The van der Waals surface area contributed by atoms with E-state index in [9.17, 15) is 13.5 Å². The average Bonchev–Trinajstić information content (AvgIpc) is 2.15. The third-order valence-corrected chi connectivity index (χ3v) is 5.37. The SMILES string of the molecule is CC(C)CS(=O)(=O)N1CCCCC1CC(C)O. The van der Waals surface area contributed by atoms with Crippen molar-refractivity contribution < 1.29 is 13.5 Å². The fraction of sp³-hybridized carbons (Fsp3) is 1.00. The molecule has 0 aromatic heterocycles. The molecule has 1 aliphatic heterocycles. The number of hydrogen-bond acceptors (Lipinski definition) is 3. The summed E-state index contributed by atoms with van der Waals surface area (Å²) in [5.74, 6) is 0.359. The first kappa shape index (κ1) is 14.9. The predicted octanol–water partition coefficient (Wildman–Crippen LogP) is 1.60. The Morgan fingerprint density at radius 2 is 1.94 bits per heavy atom. The van der Waals surface area contributed by atoms with Gasteiger partial charge in [-0.2, -0.15) is 4.31 Å². The minimum Gasteiger partial charge on any atom is -0.393 e. The van der Waals surface area contributed by atoms with Crippen molar-refractivity contribution in [3.05, 3.63) is 0 Å². The summed E-state index contributed by atoms with van der Waals surface area (Å²) in [6.45, 7) is 6.19. The van der Waals surface area contributed by atoms with Gasteiger partial charge in [0.05, 0.1) is 11.9 Å². The molecule has 1 rings (SSSR count). The Hall–Kier alpha value is -0.130. The Morgan fingerprint density at radius 3 is 2.47 bits per heavy atom. The molecule has 0 aliphatic carbocycles. The summed E-state index contributed by atoms with van der Waals surface area (Å²) in [5.41, 5.74) is 0. The highest BCUT2D eigenvalue weighted by Crippen LogP contribution is 2.25. The molecule has 1 aliphatic rings. The summed E-state index contributed by atoms with van der Waals surface area (Å²) in [5, 5.41) is 9.45. The van der Waals surface area contributed by atoms with Gasteiger partial charge >= 0.3 is 0 Å². The van der Waals surface area contributed by atoms with Crippen LogP contribution in [-0.2, 0) is 10.0 Å². The van der Waals surface area contributed by atoms with Gasteiger partial charge in [-0.1, -0.05) is 20.3 Å². The van der Waals surface area contributed by atoms with Crippen LogP contribution in [0.4, 0.5) is 0 Å². The van der Waals surface area contributed by atoms with E-state index in [1.165, 1.54) is 0 Å². The highest BCUT2D eigenvalue weighted by Gasteiger charge is 2.32. The van der Waals surface area contributed by atoms with Gasteiger partial charge in [0.1, 0.15) is 0 Å². The van der Waals surface area contributed by atoms with Crippen LogP contribution in [0.2, 0.25) is 0 Å². The quantitative estimate of drug-likeness (QED) is 0.819. The van der Waals surface area contributed by atoms with Crippen molar-refractivity contribution in [2.75, 3.05) is 12.3 Å². The molecule has 0 bridgehead atoms. The van der Waals surface area contributed by atoms with E-state index in [-0.39, 0.29) is 17.7 Å². The van der Waals surface area contributed by atoms with Crippen LogP contribution in [0.5, 0.6) is 0 Å². The van der Waals surface area contributed by atoms with Gasteiger partial charge in [-0.05, 0) is 32.1 Å². The summed E-state index contributed by atoms with van der Waals surface area (Å²) in [6.07, 6.45) is 2.99. The van der Waals surface area contributed by atoms with E-state index in [1.807, 2.05) is 13.8 Å². The Labute approximate surface area is 105 Å². The molecule has 1 N–H and O–H groups in total. The third kappa shape index (κ3) is 4.56. The van der Waals surface area contributed by atoms with E-state index in [0.29, 0.717) is 13.0 Å². The average molecular weight is 263 g/mol. The second-order valence-electron chi connectivity index (χ2n) is 5.52. The number of aliphatic hydroxyl groups is 1. The standard InChI is InChI=1S/C12H25NO3S/c1-10(2)9-17(15,16)13-7-5-4-6-12(13)8-11(3)14/h10-12,14H,4-9H2,1-3H3. The van der Waals surface area contributed by atoms with E-state index in [2.05, 4.69) is 0 Å². The lowest BCUT2D eigenvalue weighted by molar-refractivity contribution is 0.131. The predicted molar refractivity (Wildman–Crippen MR) is 69.3 cm³/mol. The normalized spacial score (nSPS) is 25.1. The molecule has 0 spiro atoms. The van der Waals surface area contributed by atoms with Gasteiger partial charge in [-0.3, -0.25) is 0 Å². The second kappa shape index (κ2) is 6.16. The maximum Gasteiger partial charge on any atom is 0.214 e. The Morgan fingerprint density at radius 1 is 1.29 bits per heavy atom. The molecule has 1 heterocycles. The minimum absolute atomic E-state index is 0.00694. The molecular weight excluding hydrogens is 238 g/mol. The molecule has 1 fully saturated rings. The van der Waals surface area contributed by atoms with E-state index >= 15 is 0 Å². The maximum absolute atomic E-state index is 12.2. The summed E-state index contributed by atoms with van der Waals surface area (Å²) in [7, 11) is -3.16. The number of nitrogens with zero attached hydrogens (tertiary/aromatic N) is 1. The first-order valence-corrected chi connectivity index (χ1v) is 8.11. The molecule has 102 valence electrons. The van der Waals surface area contributed by atoms with Gasteiger partial charge in [0.15, 0.2) is 0 Å². The molecular formula is C12H25NO3S. The molecule has 0 aromatic rings. The van der Waals surface area contributed by atoms with Crippen LogP contribution in [0.1, 0.15) is 46.5 Å². The Bertz CT molecular complexity index is 325. The lowest BCUT2D eigenvalue weighted by atomic mass is 10.00. The molecule has 4 nitrogen and oxygen atoms in total. The maximum atomic E-state index is 12.2. The topological polar surface area (TPSA) is 57.6 Å². The van der Waals surface area contributed by atoms with E-state index in [4.69, 9.17) is 0 Å². The largest absolute Gasteiger partial charge is 0.393 e. The number of piperidine rings is 1. The number of sulfonamides is 1. The molecule has 2 atom stereocenters. The molecule has 0 radical (unpaired) electrons. The lowest BCUT2D eigenvalue weighted by Gasteiger charge is -2.35. The molecule has 17 heavy (non-hydrogen) atoms. The molecule has 5 heteroatoms. The van der Waals surface area contributed by atoms with E-state index in [1.54, 1.807) is 11.2 Å². The van der Waals surface area contributed by atoms with Gasteiger partial charge in [-0.15, -0.1) is 0 Å². The monoisotopic (exact) mass is 263 g/mol. The zero-order valence-electron chi connectivity index (χ0n) is 11.1. The van der Waals surface area contributed by atoms with Crippen LogP contribution >= 0.6 is 0 Å². The van der Waals surface area contributed by atoms with Crippen LogP contribution in [-0.4, -0.2) is 42.3 Å². The van der Waals surface area contributed by atoms with Crippen LogP contribution in [0.25, 0.3) is 0 Å². The highest BCUT2D eigenvalue weighted by atomic mass is 32.2. The van der Waals surface area contributed by atoms with Crippen molar-refractivity contribution in [3.8, 4) is 0 Å². The summed E-state index contributed by atoms with van der Waals surface area (Å²) in [4.78, 5) is 0. The summed E-state index contributed by atoms with van der Waals surface area (Å²) >= 11 is 0. The van der Waals surface area contributed by atoms with Gasteiger partial charge in [-0.25, -0.2) is 8.42 Å². The van der Waals surface area contributed by atoms with Gasteiger partial charge in [0.2, 0.25) is 10.0 Å². The van der Waals surface area contributed by atoms with Crippen molar-refractivity contribution in [1.29, 1.82) is 0 Å².